The van der Waals surface area contributed by atoms with Crippen molar-refractivity contribution < 1.29 is 4.79 Å². The van der Waals surface area contributed by atoms with Gasteiger partial charge in [-0.05, 0) is 18.6 Å². The van der Waals surface area contributed by atoms with Crippen molar-refractivity contribution in [3.63, 3.8) is 0 Å². The first-order valence-electron chi connectivity index (χ1n) is 3.78. The van der Waals surface area contributed by atoms with Crippen LogP contribution in [0.15, 0.2) is 30.5 Å². The van der Waals surface area contributed by atoms with E-state index in [-0.39, 0.29) is 0 Å². The van der Waals surface area contributed by atoms with Crippen molar-refractivity contribution in [2.45, 2.75) is 6.92 Å². The van der Waals surface area contributed by atoms with E-state index in [9.17, 15) is 4.79 Å². The quantitative estimate of drug-likeness (QED) is 0.621. The molecule has 0 fully saturated rings. The summed E-state index contributed by atoms with van der Waals surface area (Å²) in [6.45, 7) is 1.98. The Kier molecular flexibility index (Phi) is 1.47. The zero-order valence-electron chi connectivity index (χ0n) is 6.74. The van der Waals surface area contributed by atoms with Crippen LogP contribution in [0.3, 0.4) is 0 Å². The minimum absolute atomic E-state index is 0.921. The number of benzene rings is 1. The topological polar surface area (TPSA) is 22.0 Å². The molecule has 0 bridgehead atoms. The van der Waals surface area contributed by atoms with Gasteiger partial charge in [-0.1, -0.05) is 18.2 Å². The fourth-order valence-electron chi connectivity index (χ4n) is 1.43. The maximum Gasteiger partial charge on any atom is 0.321 e. The van der Waals surface area contributed by atoms with Crippen LogP contribution in [0, 0.1) is 6.92 Å². The third-order valence-corrected chi connectivity index (χ3v) is 2.01. The molecule has 59 valence electrons. The summed E-state index contributed by atoms with van der Waals surface area (Å²) < 4.78 is 1.48. The first-order chi connectivity index (χ1) is 5.83. The van der Waals surface area contributed by atoms with Crippen molar-refractivity contribution in [3.05, 3.63) is 36.0 Å². The zero-order chi connectivity index (χ0) is 8.55. The highest BCUT2D eigenvalue weighted by Crippen LogP contribution is 2.18. The number of aryl methyl sites for hydroxylation is 1. The predicted molar refractivity (Wildman–Crippen MR) is 47.8 cm³/mol. The van der Waals surface area contributed by atoms with Gasteiger partial charge in [-0.25, -0.2) is 0 Å². The molecular formula is C10H8NO. The van der Waals surface area contributed by atoms with Crippen molar-refractivity contribution in [2.24, 2.45) is 0 Å². The Bertz CT molecular complexity index is 428. The standard InChI is InChI=1S/C10H8NO/c1-8-6-11(7-12)10-5-3-2-4-9(8)10/h2-6H,1H3. The van der Waals surface area contributed by atoms with Gasteiger partial charge in [0.15, 0.2) is 0 Å². The smallest absolute Gasteiger partial charge is 0.279 e. The fourth-order valence-corrected chi connectivity index (χ4v) is 1.43. The van der Waals surface area contributed by atoms with Crippen LogP contribution in [0.25, 0.3) is 10.9 Å². The number of hydrogen-bond donors (Lipinski definition) is 0. The van der Waals surface area contributed by atoms with Crippen LogP contribution >= 0.6 is 0 Å². The third kappa shape index (κ3) is 0.848. The van der Waals surface area contributed by atoms with Crippen molar-refractivity contribution in [1.82, 2.24) is 4.57 Å². The highest BCUT2D eigenvalue weighted by molar-refractivity contribution is 5.88. The van der Waals surface area contributed by atoms with Crippen LogP contribution in [0.4, 0.5) is 0 Å². The number of fused-ring (bicyclic) bond motifs is 1. The SMILES string of the molecule is Cc1cn([C]=O)c2ccccc12. The molecule has 0 unspecified atom stereocenters. The minimum Gasteiger partial charge on any atom is -0.279 e. The van der Waals surface area contributed by atoms with Gasteiger partial charge in [0.05, 0.1) is 5.52 Å². The average Bonchev–Trinajstić information content (AvgIpc) is 2.44. The molecule has 0 amide bonds. The predicted octanol–water partition coefficient (Wildman–Crippen LogP) is 1.87. The molecule has 1 aromatic heterocycles. The van der Waals surface area contributed by atoms with Gasteiger partial charge in [-0.2, -0.15) is 0 Å². The lowest BCUT2D eigenvalue weighted by Gasteiger charge is -1.90. The molecule has 1 radical (unpaired) electrons. The van der Waals surface area contributed by atoms with E-state index in [4.69, 9.17) is 0 Å². The van der Waals surface area contributed by atoms with E-state index in [1.54, 1.807) is 6.20 Å². The third-order valence-electron chi connectivity index (χ3n) is 2.01. The number of rotatable bonds is 1. The Labute approximate surface area is 70.4 Å². The van der Waals surface area contributed by atoms with E-state index in [0.717, 1.165) is 16.5 Å². The number of nitrogens with zero attached hydrogens (tertiary/aromatic N) is 1. The second kappa shape index (κ2) is 2.48. The first kappa shape index (κ1) is 7.10. The second-order valence-corrected chi connectivity index (χ2v) is 2.79. The summed E-state index contributed by atoms with van der Waals surface area (Å²) in [6.07, 6.45) is 3.65. The first-order valence-corrected chi connectivity index (χ1v) is 3.78. The largest absolute Gasteiger partial charge is 0.321 e. The normalized spacial score (nSPS) is 10.4. The Hall–Kier alpha value is -1.57. The van der Waals surface area contributed by atoms with E-state index in [0.29, 0.717) is 0 Å². The van der Waals surface area contributed by atoms with Gasteiger partial charge in [0, 0.05) is 11.6 Å². The molecule has 2 rings (SSSR count). The molecule has 1 heterocycles. The van der Waals surface area contributed by atoms with E-state index in [1.165, 1.54) is 4.57 Å². The average molecular weight is 158 g/mol. The molecule has 12 heavy (non-hydrogen) atoms. The molecule has 0 saturated heterocycles. The molecule has 0 saturated carbocycles. The van der Waals surface area contributed by atoms with Crippen LogP contribution < -0.4 is 0 Å². The summed E-state index contributed by atoms with van der Waals surface area (Å²) in [5, 5.41) is 1.11. The molecule has 2 heteroatoms. The molecule has 0 N–H and O–H groups in total. The van der Waals surface area contributed by atoms with Gasteiger partial charge in [0.2, 0.25) is 0 Å². The molecule has 0 aliphatic heterocycles. The summed E-state index contributed by atoms with van der Waals surface area (Å²) >= 11 is 0. The molecule has 0 aliphatic rings. The lowest BCUT2D eigenvalue weighted by atomic mass is 10.2. The molecule has 1 aromatic carbocycles. The van der Waals surface area contributed by atoms with Crippen LogP contribution in [0.5, 0.6) is 0 Å². The summed E-state index contributed by atoms with van der Waals surface area (Å²) in [4.78, 5) is 10.5. The highest BCUT2D eigenvalue weighted by Gasteiger charge is 2.02. The monoisotopic (exact) mass is 158 g/mol. The van der Waals surface area contributed by atoms with Crippen LogP contribution in [-0.4, -0.2) is 11.0 Å². The molecule has 2 nitrogen and oxygen atoms in total. The summed E-state index contributed by atoms with van der Waals surface area (Å²) in [6, 6.07) is 7.78. The Morgan fingerprint density at radius 2 is 2.08 bits per heavy atom. The zero-order valence-corrected chi connectivity index (χ0v) is 6.74. The maximum atomic E-state index is 10.5. The number of carbonyl (C=O) groups excluding carboxylic acids is 1. The molecule has 0 spiro atoms. The Morgan fingerprint density at radius 1 is 1.33 bits per heavy atom. The number of aromatic nitrogens is 1. The van der Waals surface area contributed by atoms with Crippen molar-refractivity contribution in [1.29, 1.82) is 0 Å². The van der Waals surface area contributed by atoms with E-state index in [1.807, 2.05) is 37.6 Å². The van der Waals surface area contributed by atoms with Gasteiger partial charge < -0.3 is 0 Å². The molecular weight excluding hydrogens is 150 g/mol. The van der Waals surface area contributed by atoms with Crippen molar-refractivity contribution in [2.75, 3.05) is 0 Å². The molecule has 0 atom stereocenters. The van der Waals surface area contributed by atoms with Crippen LogP contribution in [0.1, 0.15) is 5.56 Å². The highest BCUT2D eigenvalue weighted by atomic mass is 16.1. The van der Waals surface area contributed by atoms with Crippen LogP contribution in [-0.2, 0) is 4.79 Å². The number of hydrogen-bond acceptors (Lipinski definition) is 1. The lowest BCUT2D eigenvalue weighted by Crippen LogP contribution is -1.89. The lowest BCUT2D eigenvalue weighted by molar-refractivity contribution is 0.549. The van der Waals surface area contributed by atoms with E-state index >= 15 is 0 Å². The van der Waals surface area contributed by atoms with Gasteiger partial charge in [-0.15, -0.1) is 0 Å². The second-order valence-electron chi connectivity index (χ2n) is 2.79. The van der Waals surface area contributed by atoms with E-state index < -0.39 is 0 Å². The summed E-state index contributed by atoms with van der Waals surface area (Å²) in [5.41, 5.74) is 2.03. The van der Waals surface area contributed by atoms with Gasteiger partial charge >= 0.3 is 6.41 Å². The molecule has 2 aromatic rings. The summed E-state index contributed by atoms with van der Waals surface area (Å²) in [5.74, 6) is 0. The van der Waals surface area contributed by atoms with Gasteiger partial charge in [0.25, 0.3) is 0 Å². The van der Waals surface area contributed by atoms with Crippen LogP contribution in [0.2, 0.25) is 0 Å². The van der Waals surface area contributed by atoms with Crippen molar-refractivity contribution in [3.8, 4) is 0 Å². The van der Waals surface area contributed by atoms with Crippen molar-refractivity contribution >= 4 is 17.3 Å². The molecule has 0 aliphatic carbocycles. The van der Waals surface area contributed by atoms with E-state index in [2.05, 4.69) is 0 Å². The van der Waals surface area contributed by atoms with Gasteiger partial charge in [0.1, 0.15) is 0 Å². The maximum absolute atomic E-state index is 10.5. The fraction of sp³-hybridized carbons (Fsp3) is 0.100. The van der Waals surface area contributed by atoms with Gasteiger partial charge in [-0.3, -0.25) is 9.36 Å². The Morgan fingerprint density at radius 3 is 2.83 bits per heavy atom. The minimum atomic E-state index is 0.921. The summed E-state index contributed by atoms with van der Waals surface area (Å²) in [7, 11) is 0. The Balaban J connectivity index is 2.91. The number of para-hydroxylation sites is 1.